The number of amides is 1. The van der Waals surface area contributed by atoms with E-state index >= 15 is 0 Å². The highest BCUT2D eigenvalue weighted by atomic mass is 19.2. The SMILES string of the molecule is O=C(Cc1ccc(-c2ccc(F)c(F)c2)cc1)Nc1cc(C2CC2)[nH]n1. The van der Waals surface area contributed by atoms with Crippen molar-refractivity contribution in [1.82, 2.24) is 10.2 Å². The number of anilines is 1. The van der Waals surface area contributed by atoms with Crippen molar-refractivity contribution in [3.8, 4) is 11.1 Å². The monoisotopic (exact) mass is 353 g/mol. The van der Waals surface area contributed by atoms with E-state index in [0.29, 0.717) is 17.3 Å². The fraction of sp³-hybridized carbons (Fsp3) is 0.200. The number of nitrogens with one attached hydrogen (secondary N) is 2. The van der Waals surface area contributed by atoms with Crippen LogP contribution in [-0.4, -0.2) is 16.1 Å². The zero-order valence-corrected chi connectivity index (χ0v) is 13.9. The van der Waals surface area contributed by atoms with Crippen molar-refractivity contribution in [3.05, 3.63) is 71.4 Å². The number of H-pyrrole nitrogens is 1. The van der Waals surface area contributed by atoms with Gasteiger partial charge in [0.25, 0.3) is 0 Å². The number of aromatic amines is 1. The normalized spacial score (nSPS) is 13.6. The van der Waals surface area contributed by atoms with E-state index in [-0.39, 0.29) is 12.3 Å². The standard InChI is InChI=1S/C20H17F2N3O/c21-16-8-7-15(10-17(16)22)13-3-1-12(2-4-13)9-20(26)23-19-11-18(24-25-19)14-5-6-14/h1-4,7-8,10-11,14H,5-6,9H2,(H2,23,24,25,26). The van der Waals surface area contributed by atoms with E-state index in [1.165, 1.54) is 18.9 Å². The Labute approximate surface area is 149 Å². The van der Waals surface area contributed by atoms with Crippen LogP contribution in [0.4, 0.5) is 14.6 Å². The van der Waals surface area contributed by atoms with Gasteiger partial charge < -0.3 is 5.32 Å². The number of nitrogens with zero attached hydrogens (tertiary/aromatic N) is 1. The van der Waals surface area contributed by atoms with Gasteiger partial charge in [0.15, 0.2) is 17.5 Å². The summed E-state index contributed by atoms with van der Waals surface area (Å²) in [5.74, 6) is -0.812. The molecule has 1 saturated carbocycles. The van der Waals surface area contributed by atoms with Crippen LogP contribution in [0.25, 0.3) is 11.1 Å². The quantitative estimate of drug-likeness (QED) is 0.714. The molecule has 2 aromatic carbocycles. The highest BCUT2D eigenvalue weighted by molar-refractivity contribution is 5.91. The molecule has 0 spiro atoms. The van der Waals surface area contributed by atoms with Crippen molar-refractivity contribution in [2.45, 2.75) is 25.2 Å². The van der Waals surface area contributed by atoms with Crippen molar-refractivity contribution in [2.75, 3.05) is 5.32 Å². The highest BCUT2D eigenvalue weighted by Crippen LogP contribution is 2.39. The van der Waals surface area contributed by atoms with Gasteiger partial charge in [-0.15, -0.1) is 0 Å². The van der Waals surface area contributed by atoms with Crippen LogP contribution < -0.4 is 5.32 Å². The molecule has 0 aliphatic heterocycles. The first-order valence-corrected chi connectivity index (χ1v) is 8.48. The second-order valence-electron chi connectivity index (χ2n) is 6.53. The molecule has 1 heterocycles. The van der Waals surface area contributed by atoms with E-state index in [1.54, 1.807) is 24.3 Å². The van der Waals surface area contributed by atoms with E-state index in [9.17, 15) is 13.6 Å². The number of hydrogen-bond acceptors (Lipinski definition) is 2. The lowest BCUT2D eigenvalue weighted by atomic mass is 10.0. The maximum absolute atomic E-state index is 13.3. The Morgan fingerprint density at radius 1 is 1.04 bits per heavy atom. The molecule has 4 rings (SSSR count). The molecule has 26 heavy (non-hydrogen) atoms. The molecule has 1 fully saturated rings. The number of hydrogen-bond donors (Lipinski definition) is 2. The number of halogens is 2. The Morgan fingerprint density at radius 3 is 2.46 bits per heavy atom. The third-order valence-corrected chi connectivity index (χ3v) is 4.45. The van der Waals surface area contributed by atoms with Gasteiger partial charge in [-0.25, -0.2) is 8.78 Å². The summed E-state index contributed by atoms with van der Waals surface area (Å²) in [7, 11) is 0. The van der Waals surface area contributed by atoms with Crippen molar-refractivity contribution < 1.29 is 13.6 Å². The number of rotatable bonds is 5. The molecule has 1 aliphatic carbocycles. The number of carbonyl (C=O) groups is 1. The van der Waals surface area contributed by atoms with Crippen LogP contribution in [0.1, 0.15) is 30.0 Å². The fourth-order valence-electron chi connectivity index (χ4n) is 2.87. The summed E-state index contributed by atoms with van der Waals surface area (Å²) in [6.07, 6.45) is 2.55. The van der Waals surface area contributed by atoms with Crippen LogP contribution in [0.5, 0.6) is 0 Å². The zero-order chi connectivity index (χ0) is 18.1. The van der Waals surface area contributed by atoms with Gasteiger partial charge in [0.1, 0.15) is 0 Å². The molecular formula is C20H17F2N3O. The zero-order valence-electron chi connectivity index (χ0n) is 13.9. The van der Waals surface area contributed by atoms with Crippen molar-refractivity contribution in [2.24, 2.45) is 0 Å². The lowest BCUT2D eigenvalue weighted by Gasteiger charge is -2.05. The van der Waals surface area contributed by atoms with Crippen molar-refractivity contribution in [3.63, 3.8) is 0 Å². The van der Waals surface area contributed by atoms with Crippen LogP contribution in [0.15, 0.2) is 48.5 Å². The summed E-state index contributed by atoms with van der Waals surface area (Å²) in [5, 5.41) is 9.83. The van der Waals surface area contributed by atoms with E-state index in [2.05, 4.69) is 15.5 Å². The molecule has 2 N–H and O–H groups in total. The maximum Gasteiger partial charge on any atom is 0.229 e. The highest BCUT2D eigenvalue weighted by Gasteiger charge is 2.25. The lowest BCUT2D eigenvalue weighted by molar-refractivity contribution is -0.115. The van der Waals surface area contributed by atoms with Crippen LogP contribution in [0.3, 0.4) is 0 Å². The molecule has 0 bridgehead atoms. The Balaban J connectivity index is 1.39. The Kier molecular flexibility index (Phi) is 4.24. The summed E-state index contributed by atoms with van der Waals surface area (Å²) in [5.41, 5.74) is 3.24. The fourth-order valence-corrected chi connectivity index (χ4v) is 2.87. The Hall–Kier alpha value is -3.02. The largest absolute Gasteiger partial charge is 0.309 e. The smallest absolute Gasteiger partial charge is 0.229 e. The van der Waals surface area contributed by atoms with Crippen LogP contribution in [-0.2, 0) is 11.2 Å². The first kappa shape index (κ1) is 16.4. The van der Waals surface area contributed by atoms with Crippen molar-refractivity contribution in [1.29, 1.82) is 0 Å². The van der Waals surface area contributed by atoms with Crippen LogP contribution in [0, 0.1) is 11.6 Å². The van der Waals surface area contributed by atoms with Crippen LogP contribution in [0.2, 0.25) is 0 Å². The summed E-state index contributed by atoms with van der Waals surface area (Å²) in [6.45, 7) is 0. The second-order valence-corrected chi connectivity index (χ2v) is 6.53. The molecule has 6 heteroatoms. The summed E-state index contributed by atoms with van der Waals surface area (Å²) in [4.78, 5) is 12.2. The van der Waals surface area contributed by atoms with E-state index in [1.807, 2.05) is 6.07 Å². The molecule has 0 radical (unpaired) electrons. The summed E-state index contributed by atoms with van der Waals surface area (Å²) >= 11 is 0. The number of aromatic nitrogens is 2. The third kappa shape index (κ3) is 3.64. The third-order valence-electron chi connectivity index (χ3n) is 4.45. The molecule has 0 saturated heterocycles. The predicted molar refractivity (Wildman–Crippen MR) is 94.7 cm³/mol. The van der Waals surface area contributed by atoms with Gasteiger partial charge in [0, 0.05) is 17.7 Å². The minimum atomic E-state index is -0.879. The maximum atomic E-state index is 13.3. The van der Waals surface area contributed by atoms with Gasteiger partial charge in [-0.1, -0.05) is 30.3 Å². The van der Waals surface area contributed by atoms with E-state index in [0.717, 1.165) is 29.0 Å². The van der Waals surface area contributed by atoms with Crippen LogP contribution >= 0.6 is 0 Å². The molecule has 1 aliphatic rings. The van der Waals surface area contributed by atoms with Crippen molar-refractivity contribution >= 4 is 11.7 Å². The molecule has 0 unspecified atom stereocenters. The van der Waals surface area contributed by atoms with Gasteiger partial charge in [-0.2, -0.15) is 5.10 Å². The minimum absolute atomic E-state index is 0.153. The van der Waals surface area contributed by atoms with Gasteiger partial charge in [0.05, 0.1) is 6.42 Å². The summed E-state index contributed by atoms with van der Waals surface area (Å²) in [6, 6.07) is 12.8. The van der Waals surface area contributed by atoms with Gasteiger partial charge >= 0.3 is 0 Å². The average Bonchev–Trinajstić information content (AvgIpc) is 3.38. The number of benzene rings is 2. The molecule has 3 aromatic rings. The molecule has 132 valence electrons. The van der Waals surface area contributed by atoms with Gasteiger partial charge in [0.2, 0.25) is 5.91 Å². The summed E-state index contributed by atoms with van der Waals surface area (Å²) < 4.78 is 26.4. The first-order chi connectivity index (χ1) is 12.6. The number of carbonyl (C=O) groups excluding carboxylic acids is 1. The average molecular weight is 353 g/mol. The molecule has 4 nitrogen and oxygen atoms in total. The minimum Gasteiger partial charge on any atom is -0.309 e. The predicted octanol–water partition coefficient (Wildman–Crippen LogP) is 4.41. The molecule has 0 atom stereocenters. The Morgan fingerprint density at radius 2 is 1.77 bits per heavy atom. The molecule has 1 amide bonds. The molecular weight excluding hydrogens is 336 g/mol. The topological polar surface area (TPSA) is 57.8 Å². The van der Waals surface area contributed by atoms with E-state index in [4.69, 9.17) is 0 Å². The van der Waals surface area contributed by atoms with Gasteiger partial charge in [-0.3, -0.25) is 9.89 Å². The molecule has 1 aromatic heterocycles. The van der Waals surface area contributed by atoms with Gasteiger partial charge in [-0.05, 0) is 41.7 Å². The first-order valence-electron chi connectivity index (χ1n) is 8.48. The lowest BCUT2D eigenvalue weighted by Crippen LogP contribution is -2.14. The Bertz CT molecular complexity index is 946. The second kappa shape index (κ2) is 6.71. The van der Waals surface area contributed by atoms with E-state index < -0.39 is 11.6 Å².